The third kappa shape index (κ3) is 4.18. The second kappa shape index (κ2) is 6.97. The SMILES string of the molecule is CSCC(C)CNC(C)c1ccccc1C. The Labute approximate surface area is 104 Å². The summed E-state index contributed by atoms with van der Waals surface area (Å²) in [5.74, 6) is 1.97. The highest BCUT2D eigenvalue weighted by Crippen LogP contribution is 2.17. The minimum absolute atomic E-state index is 0.450. The summed E-state index contributed by atoms with van der Waals surface area (Å²) in [6.45, 7) is 7.82. The molecule has 0 aliphatic heterocycles. The molecule has 2 atom stereocenters. The maximum atomic E-state index is 3.61. The molecule has 0 aliphatic carbocycles. The summed E-state index contributed by atoms with van der Waals surface area (Å²) in [6, 6.07) is 9.06. The first-order chi connectivity index (χ1) is 7.65. The summed E-state index contributed by atoms with van der Waals surface area (Å²) in [5.41, 5.74) is 2.79. The average molecular weight is 237 g/mol. The molecular formula is C14H23NS. The summed E-state index contributed by atoms with van der Waals surface area (Å²) in [7, 11) is 0. The van der Waals surface area contributed by atoms with Crippen LogP contribution in [0.15, 0.2) is 24.3 Å². The molecule has 16 heavy (non-hydrogen) atoms. The zero-order valence-electron chi connectivity index (χ0n) is 10.8. The predicted molar refractivity (Wildman–Crippen MR) is 75.1 cm³/mol. The van der Waals surface area contributed by atoms with Crippen LogP contribution < -0.4 is 5.32 Å². The molecule has 2 unspecified atom stereocenters. The van der Waals surface area contributed by atoms with Gasteiger partial charge in [0.05, 0.1) is 0 Å². The van der Waals surface area contributed by atoms with Gasteiger partial charge < -0.3 is 5.32 Å². The monoisotopic (exact) mass is 237 g/mol. The van der Waals surface area contributed by atoms with Crippen molar-refractivity contribution in [2.45, 2.75) is 26.8 Å². The third-order valence-corrected chi connectivity index (χ3v) is 3.78. The van der Waals surface area contributed by atoms with E-state index in [1.807, 2.05) is 11.8 Å². The van der Waals surface area contributed by atoms with E-state index < -0.39 is 0 Å². The van der Waals surface area contributed by atoms with Gasteiger partial charge in [-0.15, -0.1) is 0 Å². The molecule has 0 saturated heterocycles. The Morgan fingerprint density at radius 3 is 2.56 bits per heavy atom. The van der Waals surface area contributed by atoms with Gasteiger partial charge in [-0.2, -0.15) is 11.8 Å². The van der Waals surface area contributed by atoms with E-state index in [0.29, 0.717) is 6.04 Å². The van der Waals surface area contributed by atoms with Gasteiger partial charge in [0.1, 0.15) is 0 Å². The third-order valence-electron chi connectivity index (χ3n) is 2.88. The van der Waals surface area contributed by atoms with Crippen molar-refractivity contribution in [2.75, 3.05) is 18.6 Å². The summed E-state index contributed by atoms with van der Waals surface area (Å²) in [5, 5.41) is 3.61. The van der Waals surface area contributed by atoms with Gasteiger partial charge in [-0.05, 0) is 49.4 Å². The largest absolute Gasteiger partial charge is 0.310 e. The van der Waals surface area contributed by atoms with E-state index in [2.05, 4.69) is 56.6 Å². The smallest absolute Gasteiger partial charge is 0.0294 e. The Morgan fingerprint density at radius 2 is 1.94 bits per heavy atom. The quantitative estimate of drug-likeness (QED) is 0.810. The van der Waals surface area contributed by atoms with E-state index >= 15 is 0 Å². The fourth-order valence-corrected chi connectivity index (χ4v) is 2.59. The molecule has 0 radical (unpaired) electrons. The van der Waals surface area contributed by atoms with Crippen molar-refractivity contribution >= 4 is 11.8 Å². The van der Waals surface area contributed by atoms with E-state index in [4.69, 9.17) is 0 Å². The van der Waals surface area contributed by atoms with Gasteiger partial charge in [0.25, 0.3) is 0 Å². The summed E-state index contributed by atoms with van der Waals surface area (Å²) in [4.78, 5) is 0. The van der Waals surface area contributed by atoms with E-state index in [0.717, 1.165) is 12.5 Å². The second-order valence-electron chi connectivity index (χ2n) is 4.55. The van der Waals surface area contributed by atoms with E-state index in [1.165, 1.54) is 16.9 Å². The number of benzene rings is 1. The lowest BCUT2D eigenvalue weighted by atomic mass is 10.0. The molecular weight excluding hydrogens is 214 g/mol. The minimum atomic E-state index is 0.450. The number of thioether (sulfide) groups is 1. The van der Waals surface area contributed by atoms with Crippen LogP contribution in [0, 0.1) is 12.8 Å². The zero-order chi connectivity index (χ0) is 12.0. The van der Waals surface area contributed by atoms with Gasteiger partial charge in [0, 0.05) is 6.04 Å². The molecule has 90 valence electrons. The number of aryl methyl sites for hydroxylation is 1. The van der Waals surface area contributed by atoms with Crippen LogP contribution in [0.2, 0.25) is 0 Å². The molecule has 0 heterocycles. The maximum Gasteiger partial charge on any atom is 0.0294 e. The van der Waals surface area contributed by atoms with Crippen molar-refractivity contribution in [1.82, 2.24) is 5.32 Å². The fourth-order valence-electron chi connectivity index (χ4n) is 1.90. The van der Waals surface area contributed by atoms with Gasteiger partial charge in [-0.25, -0.2) is 0 Å². The molecule has 0 aliphatic rings. The zero-order valence-corrected chi connectivity index (χ0v) is 11.6. The van der Waals surface area contributed by atoms with Crippen LogP contribution in [-0.4, -0.2) is 18.6 Å². The van der Waals surface area contributed by atoms with E-state index in [1.54, 1.807) is 0 Å². The maximum absolute atomic E-state index is 3.61. The Bertz CT molecular complexity index is 311. The Hall–Kier alpha value is -0.470. The number of nitrogens with one attached hydrogen (secondary N) is 1. The molecule has 0 fully saturated rings. The highest BCUT2D eigenvalue weighted by molar-refractivity contribution is 7.98. The molecule has 1 aromatic rings. The predicted octanol–water partition coefficient (Wildman–Crippen LogP) is 3.64. The topological polar surface area (TPSA) is 12.0 Å². The van der Waals surface area contributed by atoms with Crippen LogP contribution >= 0.6 is 11.8 Å². The van der Waals surface area contributed by atoms with Crippen LogP contribution in [0.3, 0.4) is 0 Å². The van der Waals surface area contributed by atoms with E-state index in [-0.39, 0.29) is 0 Å². The van der Waals surface area contributed by atoms with Crippen LogP contribution in [0.5, 0.6) is 0 Å². The molecule has 0 saturated carbocycles. The van der Waals surface area contributed by atoms with Crippen molar-refractivity contribution in [3.8, 4) is 0 Å². The van der Waals surface area contributed by atoms with Crippen molar-refractivity contribution in [1.29, 1.82) is 0 Å². The molecule has 0 aromatic heterocycles. The Kier molecular flexibility index (Phi) is 5.93. The second-order valence-corrected chi connectivity index (χ2v) is 5.46. The first kappa shape index (κ1) is 13.6. The first-order valence-corrected chi connectivity index (χ1v) is 7.32. The van der Waals surface area contributed by atoms with Gasteiger partial charge >= 0.3 is 0 Å². The number of hydrogen-bond donors (Lipinski definition) is 1. The molecule has 1 rings (SSSR count). The van der Waals surface area contributed by atoms with E-state index in [9.17, 15) is 0 Å². The van der Waals surface area contributed by atoms with Gasteiger partial charge in [0.2, 0.25) is 0 Å². The lowest BCUT2D eigenvalue weighted by Gasteiger charge is -2.19. The lowest BCUT2D eigenvalue weighted by Crippen LogP contribution is -2.25. The van der Waals surface area contributed by atoms with Crippen molar-refractivity contribution in [2.24, 2.45) is 5.92 Å². The average Bonchev–Trinajstić information content (AvgIpc) is 2.27. The molecule has 0 spiro atoms. The van der Waals surface area contributed by atoms with Crippen LogP contribution in [-0.2, 0) is 0 Å². The van der Waals surface area contributed by atoms with Crippen molar-refractivity contribution in [3.63, 3.8) is 0 Å². The van der Waals surface area contributed by atoms with Gasteiger partial charge in [0.15, 0.2) is 0 Å². The molecule has 2 heteroatoms. The number of rotatable bonds is 6. The fraction of sp³-hybridized carbons (Fsp3) is 0.571. The Morgan fingerprint density at radius 1 is 1.25 bits per heavy atom. The summed E-state index contributed by atoms with van der Waals surface area (Å²) in [6.07, 6.45) is 2.17. The van der Waals surface area contributed by atoms with Crippen molar-refractivity contribution in [3.05, 3.63) is 35.4 Å². The van der Waals surface area contributed by atoms with Crippen LogP contribution in [0.1, 0.15) is 31.0 Å². The normalized spacial score (nSPS) is 14.8. The standard InChI is InChI=1S/C14H23NS/c1-11(10-16-4)9-15-13(3)14-8-6-5-7-12(14)2/h5-8,11,13,15H,9-10H2,1-4H3. The minimum Gasteiger partial charge on any atom is -0.310 e. The van der Waals surface area contributed by atoms with Crippen molar-refractivity contribution < 1.29 is 0 Å². The Balaban J connectivity index is 2.46. The summed E-state index contributed by atoms with van der Waals surface area (Å²) < 4.78 is 0. The van der Waals surface area contributed by atoms with Gasteiger partial charge in [-0.3, -0.25) is 0 Å². The van der Waals surface area contributed by atoms with Gasteiger partial charge in [-0.1, -0.05) is 31.2 Å². The molecule has 1 nitrogen and oxygen atoms in total. The highest BCUT2D eigenvalue weighted by Gasteiger charge is 2.08. The molecule has 0 amide bonds. The number of hydrogen-bond acceptors (Lipinski definition) is 2. The first-order valence-electron chi connectivity index (χ1n) is 5.93. The van der Waals surface area contributed by atoms with Crippen LogP contribution in [0.25, 0.3) is 0 Å². The highest BCUT2D eigenvalue weighted by atomic mass is 32.2. The lowest BCUT2D eigenvalue weighted by molar-refractivity contribution is 0.500. The molecule has 1 aromatic carbocycles. The summed E-state index contributed by atoms with van der Waals surface area (Å²) >= 11 is 1.92. The van der Waals surface area contributed by atoms with Crippen LogP contribution in [0.4, 0.5) is 0 Å². The molecule has 1 N–H and O–H groups in total. The molecule has 0 bridgehead atoms.